The summed E-state index contributed by atoms with van der Waals surface area (Å²) in [5.74, 6) is 6.92. The standard InChI is InChI=1S/C12H12N2O/c13-14-9-5-1-3-7-11(9)15-12-8-4-2-6-10(12)14/h1-9,11H,13H2. The molecule has 0 spiro atoms. The molecule has 2 N–H and O–H groups in total. The molecule has 0 radical (unpaired) electrons. The van der Waals surface area contributed by atoms with Crippen LogP contribution < -0.4 is 15.6 Å². The van der Waals surface area contributed by atoms with Crippen molar-refractivity contribution in [3.05, 3.63) is 48.6 Å². The molecule has 0 bridgehead atoms. The number of hydrazine groups is 1. The number of fused-ring (bicyclic) bond motifs is 2. The van der Waals surface area contributed by atoms with Crippen molar-refractivity contribution in [2.75, 3.05) is 5.01 Å². The zero-order chi connectivity index (χ0) is 10.3. The smallest absolute Gasteiger partial charge is 0.145 e. The normalized spacial score (nSPS) is 26.9. The second-order valence-corrected chi connectivity index (χ2v) is 3.72. The number of nitrogens with two attached hydrogens (primary N) is 1. The number of benzene rings is 1. The topological polar surface area (TPSA) is 38.5 Å². The van der Waals surface area contributed by atoms with E-state index < -0.39 is 0 Å². The third-order valence-electron chi connectivity index (χ3n) is 2.78. The Labute approximate surface area is 88.4 Å². The molecule has 1 aliphatic heterocycles. The first-order valence-electron chi connectivity index (χ1n) is 5.01. The predicted octanol–water partition coefficient (Wildman–Crippen LogP) is 1.62. The van der Waals surface area contributed by atoms with Crippen molar-refractivity contribution in [1.82, 2.24) is 0 Å². The first-order valence-corrected chi connectivity index (χ1v) is 5.01. The first kappa shape index (κ1) is 8.56. The molecule has 0 fully saturated rings. The molecule has 0 aromatic heterocycles. The zero-order valence-electron chi connectivity index (χ0n) is 8.21. The summed E-state index contributed by atoms with van der Waals surface area (Å²) in [4.78, 5) is 0. The van der Waals surface area contributed by atoms with Crippen molar-refractivity contribution in [2.24, 2.45) is 5.84 Å². The van der Waals surface area contributed by atoms with Gasteiger partial charge in [-0.2, -0.15) is 0 Å². The maximum atomic E-state index is 6.07. The molecule has 0 saturated heterocycles. The molecule has 15 heavy (non-hydrogen) atoms. The van der Waals surface area contributed by atoms with Gasteiger partial charge in [-0.25, -0.2) is 5.84 Å². The van der Waals surface area contributed by atoms with Crippen molar-refractivity contribution < 1.29 is 4.74 Å². The van der Waals surface area contributed by atoms with E-state index in [1.165, 1.54) is 0 Å². The average Bonchev–Trinajstić information content (AvgIpc) is 2.30. The third kappa shape index (κ3) is 1.24. The fourth-order valence-corrected chi connectivity index (χ4v) is 2.01. The molecular weight excluding hydrogens is 188 g/mol. The minimum absolute atomic E-state index is 0.0231. The molecule has 1 aromatic carbocycles. The maximum Gasteiger partial charge on any atom is 0.145 e. The maximum absolute atomic E-state index is 6.07. The number of rotatable bonds is 0. The Bertz CT molecular complexity index is 439. The van der Waals surface area contributed by atoms with Gasteiger partial charge in [0, 0.05) is 0 Å². The summed E-state index contributed by atoms with van der Waals surface area (Å²) >= 11 is 0. The first-order chi connectivity index (χ1) is 7.36. The second-order valence-electron chi connectivity index (χ2n) is 3.72. The van der Waals surface area contributed by atoms with E-state index in [0.717, 1.165) is 11.4 Å². The van der Waals surface area contributed by atoms with Crippen LogP contribution in [0.1, 0.15) is 0 Å². The Hall–Kier alpha value is -1.74. The largest absolute Gasteiger partial charge is 0.482 e. The lowest BCUT2D eigenvalue weighted by Gasteiger charge is -2.39. The number of anilines is 1. The molecule has 0 amide bonds. The van der Waals surface area contributed by atoms with E-state index in [9.17, 15) is 0 Å². The lowest BCUT2D eigenvalue weighted by atomic mass is 10.0. The Balaban J connectivity index is 2.07. The van der Waals surface area contributed by atoms with Crippen molar-refractivity contribution in [1.29, 1.82) is 0 Å². The third-order valence-corrected chi connectivity index (χ3v) is 2.78. The molecule has 0 saturated carbocycles. The summed E-state index contributed by atoms with van der Waals surface area (Å²) in [5.41, 5.74) is 0.943. The Morgan fingerprint density at radius 2 is 1.93 bits per heavy atom. The summed E-state index contributed by atoms with van der Waals surface area (Å²) in [6.45, 7) is 0. The average molecular weight is 200 g/mol. The molecule has 2 atom stereocenters. The minimum Gasteiger partial charge on any atom is -0.482 e. The summed E-state index contributed by atoms with van der Waals surface area (Å²) in [6.07, 6.45) is 8.09. The van der Waals surface area contributed by atoms with E-state index in [-0.39, 0.29) is 12.1 Å². The van der Waals surface area contributed by atoms with Crippen LogP contribution >= 0.6 is 0 Å². The Morgan fingerprint density at radius 3 is 2.87 bits per heavy atom. The molecule has 76 valence electrons. The van der Waals surface area contributed by atoms with Gasteiger partial charge in [-0.05, 0) is 18.2 Å². The van der Waals surface area contributed by atoms with E-state index in [0.29, 0.717) is 0 Å². The SMILES string of the molecule is NN1c2ccccc2OC2C=CC=CC21. The van der Waals surface area contributed by atoms with Crippen LogP contribution in [0.3, 0.4) is 0 Å². The van der Waals surface area contributed by atoms with Gasteiger partial charge in [-0.15, -0.1) is 0 Å². The highest BCUT2D eigenvalue weighted by Gasteiger charge is 2.31. The number of ether oxygens (including phenoxy) is 1. The van der Waals surface area contributed by atoms with Crippen LogP contribution in [0.5, 0.6) is 5.75 Å². The van der Waals surface area contributed by atoms with Crippen molar-refractivity contribution in [3.63, 3.8) is 0 Å². The van der Waals surface area contributed by atoms with Gasteiger partial charge in [-0.1, -0.05) is 30.4 Å². The van der Waals surface area contributed by atoms with Gasteiger partial charge in [0.1, 0.15) is 17.9 Å². The van der Waals surface area contributed by atoms with Gasteiger partial charge in [0.15, 0.2) is 0 Å². The molecular formula is C12H12N2O. The van der Waals surface area contributed by atoms with Crippen LogP contribution in [-0.2, 0) is 0 Å². The molecule has 2 unspecified atom stereocenters. The molecule has 3 rings (SSSR count). The number of para-hydroxylation sites is 2. The molecule has 1 aromatic rings. The molecule has 1 aliphatic carbocycles. The van der Waals surface area contributed by atoms with Crippen molar-refractivity contribution in [2.45, 2.75) is 12.1 Å². The van der Waals surface area contributed by atoms with E-state index in [1.54, 1.807) is 5.01 Å². The van der Waals surface area contributed by atoms with Crippen LogP contribution in [0.25, 0.3) is 0 Å². The highest BCUT2D eigenvalue weighted by atomic mass is 16.5. The lowest BCUT2D eigenvalue weighted by molar-refractivity contribution is 0.211. The zero-order valence-corrected chi connectivity index (χ0v) is 8.21. The van der Waals surface area contributed by atoms with Crippen LogP contribution in [0.15, 0.2) is 48.6 Å². The lowest BCUT2D eigenvalue weighted by Crippen LogP contribution is -2.52. The van der Waals surface area contributed by atoms with Crippen molar-refractivity contribution in [3.8, 4) is 5.75 Å². The molecule has 2 aliphatic rings. The van der Waals surface area contributed by atoms with E-state index in [1.807, 2.05) is 42.5 Å². The Morgan fingerprint density at radius 1 is 1.13 bits per heavy atom. The van der Waals surface area contributed by atoms with Gasteiger partial charge in [-0.3, -0.25) is 5.01 Å². The van der Waals surface area contributed by atoms with Crippen LogP contribution in [0, 0.1) is 0 Å². The number of hydrogen-bond donors (Lipinski definition) is 1. The fraction of sp³-hybridized carbons (Fsp3) is 0.167. The quantitative estimate of drug-likeness (QED) is 0.647. The van der Waals surface area contributed by atoms with Gasteiger partial charge in [0.2, 0.25) is 0 Å². The van der Waals surface area contributed by atoms with Gasteiger partial charge >= 0.3 is 0 Å². The molecule has 3 heteroatoms. The van der Waals surface area contributed by atoms with Crippen molar-refractivity contribution >= 4 is 5.69 Å². The van der Waals surface area contributed by atoms with Gasteiger partial charge < -0.3 is 4.74 Å². The van der Waals surface area contributed by atoms with E-state index in [2.05, 4.69) is 6.08 Å². The van der Waals surface area contributed by atoms with Gasteiger partial charge in [0.05, 0.1) is 5.69 Å². The minimum atomic E-state index is 0.0231. The highest BCUT2D eigenvalue weighted by molar-refractivity contribution is 5.61. The van der Waals surface area contributed by atoms with E-state index >= 15 is 0 Å². The number of allylic oxidation sites excluding steroid dienone is 2. The van der Waals surface area contributed by atoms with Gasteiger partial charge in [0.25, 0.3) is 0 Å². The molecule has 3 nitrogen and oxygen atoms in total. The second kappa shape index (κ2) is 3.14. The van der Waals surface area contributed by atoms with Crippen LogP contribution in [0.2, 0.25) is 0 Å². The van der Waals surface area contributed by atoms with E-state index in [4.69, 9.17) is 10.6 Å². The summed E-state index contributed by atoms with van der Waals surface area (Å²) in [5, 5.41) is 1.77. The summed E-state index contributed by atoms with van der Waals surface area (Å²) in [7, 11) is 0. The number of nitrogens with zero attached hydrogens (tertiary/aromatic N) is 1. The predicted molar refractivity (Wildman–Crippen MR) is 59.6 cm³/mol. The summed E-state index contributed by atoms with van der Waals surface area (Å²) < 4.78 is 5.85. The molecule has 1 heterocycles. The number of hydrogen-bond acceptors (Lipinski definition) is 3. The highest BCUT2D eigenvalue weighted by Crippen LogP contribution is 2.35. The monoisotopic (exact) mass is 200 g/mol. The van der Waals surface area contributed by atoms with Crippen LogP contribution in [-0.4, -0.2) is 12.1 Å². The fourth-order valence-electron chi connectivity index (χ4n) is 2.01. The Kier molecular flexibility index (Phi) is 1.79. The summed E-state index contributed by atoms with van der Waals surface area (Å²) in [6, 6.07) is 7.93. The van der Waals surface area contributed by atoms with Crippen LogP contribution in [0.4, 0.5) is 5.69 Å².